The molecule has 2 nitrogen and oxygen atoms in total. The van der Waals surface area contributed by atoms with Crippen LogP contribution in [0.1, 0.15) is 65.2 Å². The average molecular weight is 329 g/mol. The molecule has 0 amide bonds. The van der Waals surface area contributed by atoms with E-state index in [1.54, 1.807) is 0 Å². The maximum Gasteiger partial charge on any atom is 0.0313 e. The Morgan fingerprint density at radius 1 is 0.500 bits per heavy atom. The van der Waals surface area contributed by atoms with Gasteiger partial charge in [-0.2, -0.15) is 0 Å². The Morgan fingerprint density at radius 3 is 1.00 bits per heavy atom. The quantitative estimate of drug-likeness (QED) is 0.439. The van der Waals surface area contributed by atoms with Crippen LogP contribution in [0.4, 0.5) is 11.4 Å². The summed E-state index contributed by atoms with van der Waals surface area (Å²) in [5, 5.41) is 0. The van der Waals surface area contributed by atoms with Gasteiger partial charge in [0.2, 0.25) is 0 Å². The van der Waals surface area contributed by atoms with Gasteiger partial charge in [0.05, 0.1) is 0 Å². The van der Waals surface area contributed by atoms with Crippen LogP contribution in [0.5, 0.6) is 0 Å². The van der Waals surface area contributed by atoms with Crippen molar-refractivity contribution in [1.29, 1.82) is 0 Å². The summed E-state index contributed by atoms with van der Waals surface area (Å²) in [6, 6.07) is 19.0. The summed E-state index contributed by atoms with van der Waals surface area (Å²) < 4.78 is 0. The van der Waals surface area contributed by atoms with Crippen molar-refractivity contribution in [3.05, 3.63) is 60.7 Å². The molecule has 2 aromatic rings. The molecule has 134 valence electrons. The molecule has 0 radical (unpaired) electrons. The molecule has 0 aromatic heterocycles. The molecular formula is C22H36N2. The van der Waals surface area contributed by atoms with Crippen molar-refractivity contribution in [3.8, 4) is 0 Å². The van der Waals surface area contributed by atoms with Gasteiger partial charge in [0.25, 0.3) is 0 Å². The predicted octanol–water partition coefficient (Wildman–Crippen LogP) is 6.68. The maximum absolute atomic E-state index is 5.36. The standard InChI is InChI=1S/C10H22.2C6H7N/c1-3-5-7-9-10-8-6-4-2;2*7-6-4-2-1-3-5-6/h3-10H2,1-2H3;2*1-5H,7H2. The highest BCUT2D eigenvalue weighted by Crippen LogP contribution is 2.07. The number of nitrogen functional groups attached to an aromatic ring is 2. The molecular weight excluding hydrogens is 292 g/mol. The first-order valence-electron chi connectivity index (χ1n) is 9.31. The lowest BCUT2D eigenvalue weighted by Crippen LogP contribution is -1.79. The van der Waals surface area contributed by atoms with Crippen LogP contribution < -0.4 is 11.5 Å². The second kappa shape index (κ2) is 17.4. The fourth-order valence-electron chi connectivity index (χ4n) is 2.11. The molecule has 0 unspecified atom stereocenters. The Bertz CT molecular complexity index is 408. The number of rotatable bonds is 7. The predicted molar refractivity (Wildman–Crippen MR) is 110 cm³/mol. The lowest BCUT2D eigenvalue weighted by Gasteiger charge is -1.97. The molecule has 0 saturated heterocycles. The smallest absolute Gasteiger partial charge is 0.0313 e. The van der Waals surface area contributed by atoms with E-state index in [2.05, 4.69) is 13.8 Å². The topological polar surface area (TPSA) is 52.0 Å². The molecule has 0 spiro atoms. The van der Waals surface area contributed by atoms with Crippen molar-refractivity contribution < 1.29 is 0 Å². The van der Waals surface area contributed by atoms with Crippen LogP contribution in [0, 0.1) is 0 Å². The van der Waals surface area contributed by atoms with Crippen molar-refractivity contribution in [2.45, 2.75) is 65.2 Å². The number of benzene rings is 2. The molecule has 0 aliphatic heterocycles. The molecule has 0 aliphatic carbocycles. The van der Waals surface area contributed by atoms with Gasteiger partial charge < -0.3 is 11.5 Å². The Kier molecular flexibility index (Phi) is 16.0. The molecule has 0 aliphatic rings. The first-order chi connectivity index (χ1) is 11.7. The summed E-state index contributed by atoms with van der Waals surface area (Å²) in [7, 11) is 0. The summed E-state index contributed by atoms with van der Waals surface area (Å²) in [5.74, 6) is 0. The lowest BCUT2D eigenvalue weighted by atomic mass is 10.1. The van der Waals surface area contributed by atoms with Crippen molar-refractivity contribution in [2.24, 2.45) is 0 Å². The van der Waals surface area contributed by atoms with E-state index in [-0.39, 0.29) is 0 Å². The monoisotopic (exact) mass is 328 g/mol. The molecule has 0 heterocycles. The molecule has 4 N–H and O–H groups in total. The van der Waals surface area contributed by atoms with Crippen LogP contribution in [0.15, 0.2) is 60.7 Å². The molecule has 2 heteroatoms. The molecule has 0 saturated carbocycles. The number of hydrogen-bond acceptors (Lipinski definition) is 2. The lowest BCUT2D eigenvalue weighted by molar-refractivity contribution is 0.585. The zero-order valence-electron chi connectivity index (χ0n) is 15.6. The van der Waals surface area contributed by atoms with Gasteiger partial charge in [-0.1, -0.05) is 102 Å². The highest BCUT2D eigenvalue weighted by molar-refractivity contribution is 5.36. The van der Waals surface area contributed by atoms with Gasteiger partial charge in [-0.3, -0.25) is 0 Å². The average Bonchev–Trinajstić information content (AvgIpc) is 2.61. The normalized spacial score (nSPS) is 9.25. The highest BCUT2D eigenvalue weighted by atomic mass is 14.5. The molecule has 2 rings (SSSR count). The SMILES string of the molecule is CCCCCCCCCC.Nc1ccccc1.Nc1ccccc1. The highest BCUT2D eigenvalue weighted by Gasteiger charge is 1.87. The second-order valence-electron chi connectivity index (χ2n) is 5.94. The van der Waals surface area contributed by atoms with Crippen molar-refractivity contribution in [3.63, 3.8) is 0 Å². The van der Waals surface area contributed by atoms with E-state index in [0.717, 1.165) is 11.4 Å². The summed E-state index contributed by atoms with van der Waals surface area (Å²) in [6.07, 6.45) is 11.5. The summed E-state index contributed by atoms with van der Waals surface area (Å²) in [5.41, 5.74) is 12.4. The minimum Gasteiger partial charge on any atom is -0.399 e. The van der Waals surface area contributed by atoms with Gasteiger partial charge in [-0.15, -0.1) is 0 Å². The fraction of sp³-hybridized carbons (Fsp3) is 0.455. The van der Waals surface area contributed by atoms with Crippen LogP contribution in [-0.4, -0.2) is 0 Å². The Hall–Kier alpha value is -1.96. The Balaban J connectivity index is 0.000000337. The third-order valence-corrected chi connectivity index (χ3v) is 3.56. The fourth-order valence-corrected chi connectivity index (χ4v) is 2.11. The molecule has 0 fully saturated rings. The van der Waals surface area contributed by atoms with Crippen molar-refractivity contribution >= 4 is 11.4 Å². The van der Waals surface area contributed by atoms with E-state index >= 15 is 0 Å². The van der Waals surface area contributed by atoms with Gasteiger partial charge in [0.15, 0.2) is 0 Å². The number of anilines is 2. The third kappa shape index (κ3) is 16.4. The Labute approximate surface area is 149 Å². The van der Waals surface area contributed by atoms with Crippen LogP contribution >= 0.6 is 0 Å². The minimum absolute atomic E-state index is 0.822. The molecule has 24 heavy (non-hydrogen) atoms. The van der Waals surface area contributed by atoms with E-state index in [4.69, 9.17) is 11.5 Å². The first-order valence-corrected chi connectivity index (χ1v) is 9.31. The number of hydrogen-bond donors (Lipinski definition) is 2. The maximum atomic E-state index is 5.36. The zero-order valence-corrected chi connectivity index (χ0v) is 15.6. The Morgan fingerprint density at radius 2 is 0.792 bits per heavy atom. The zero-order chi connectivity index (χ0) is 17.9. The second-order valence-corrected chi connectivity index (χ2v) is 5.94. The van der Waals surface area contributed by atoms with Gasteiger partial charge in [-0.05, 0) is 24.3 Å². The largest absolute Gasteiger partial charge is 0.399 e. The number of nitrogens with two attached hydrogens (primary N) is 2. The van der Waals surface area contributed by atoms with Crippen LogP contribution in [0.25, 0.3) is 0 Å². The van der Waals surface area contributed by atoms with Gasteiger partial charge in [0.1, 0.15) is 0 Å². The molecule has 0 atom stereocenters. The van der Waals surface area contributed by atoms with E-state index in [0.29, 0.717) is 0 Å². The van der Waals surface area contributed by atoms with Crippen LogP contribution in [0.2, 0.25) is 0 Å². The third-order valence-electron chi connectivity index (χ3n) is 3.56. The number of para-hydroxylation sites is 2. The summed E-state index contributed by atoms with van der Waals surface area (Å²) in [6.45, 7) is 4.54. The number of unbranched alkanes of at least 4 members (excludes halogenated alkanes) is 7. The molecule has 0 bridgehead atoms. The van der Waals surface area contributed by atoms with E-state index in [1.165, 1.54) is 51.4 Å². The van der Waals surface area contributed by atoms with Crippen molar-refractivity contribution in [2.75, 3.05) is 11.5 Å². The van der Waals surface area contributed by atoms with Gasteiger partial charge >= 0.3 is 0 Å². The minimum atomic E-state index is 0.822. The van der Waals surface area contributed by atoms with Gasteiger partial charge in [-0.25, -0.2) is 0 Å². The van der Waals surface area contributed by atoms with E-state index in [1.807, 2.05) is 60.7 Å². The van der Waals surface area contributed by atoms with E-state index in [9.17, 15) is 0 Å². The molecule has 2 aromatic carbocycles. The summed E-state index contributed by atoms with van der Waals surface area (Å²) in [4.78, 5) is 0. The van der Waals surface area contributed by atoms with Gasteiger partial charge in [0, 0.05) is 11.4 Å². The van der Waals surface area contributed by atoms with E-state index < -0.39 is 0 Å². The van der Waals surface area contributed by atoms with Crippen LogP contribution in [-0.2, 0) is 0 Å². The summed E-state index contributed by atoms with van der Waals surface area (Å²) >= 11 is 0. The van der Waals surface area contributed by atoms with Crippen molar-refractivity contribution in [1.82, 2.24) is 0 Å². The first kappa shape index (κ1) is 22.0. The van der Waals surface area contributed by atoms with Crippen LogP contribution in [0.3, 0.4) is 0 Å².